The summed E-state index contributed by atoms with van der Waals surface area (Å²) in [5, 5.41) is 3.70. The topological polar surface area (TPSA) is 96.0 Å². The van der Waals surface area contributed by atoms with Gasteiger partial charge in [-0.2, -0.15) is 0 Å². The van der Waals surface area contributed by atoms with Gasteiger partial charge in [0.15, 0.2) is 11.6 Å². The van der Waals surface area contributed by atoms with Crippen molar-refractivity contribution >= 4 is 11.7 Å². The van der Waals surface area contributed by atoms with Crippen LogP contribution in [0.2, 0.25) is 0 Å². The Morgan fingerprint density at radius 1 is 1.15 bits per heavy atom. The Morgan fingerprint density at radius 3 is 2.70 bits per heavy atom. The summed E-state index contributed by atoms with van der Waals surface area (Å²) in [4.78, 5) is 32.9. The Hall–Kier alpha value is -3.83. The van der Waals surface area contributed by atoms with Crippen LogP contribution >= 0.6 is 0 Å². The van der Waals surface area contributed by atoms with Gasteiger partial charge in [-0.25, -0.2) is 14.4 Å². The quantitative estimate of drug-likeness (QED) is 0.288. The van der Waals surface area contributed by atoms with Crippen LogP contribution in [0.3, 0.4) is 0 Å². The van der Waals surface area contributed by atoms with Gasteiger partial charge in [-0.3, -0.25) is 9.78 Å². The molecular weight excluding hydrogens is 585 g/mol. The minimum absolute atomic E-state index is 0.0352. The summed E-state index contributed by atoms with van der Waals surface area (Å²) in [6.45, 7) is 9.95. The standard InChI is InChI=1S/C35H46FN7O3/c1-6-43(23(2)3)34(44)26-16-24(36)9-10-29(26)46-31-19-37-22-40-33(31)42-20-35(21-42)17-25(18-35)45-30-12-14-39-28-11-13-38-27(32(28)30)8-7-15-41(4)5/h9-10,12,14,16,19,22-23,25,27,38H,6-8,11,13,15,17-18,20-21H2,1-5H3. The molecule has 10 nitrogen and oxygen atoms in total. The first-order valence-electron chi connectivity index (χ1n) is 16.5. The molecule has 2 aliphatic heterocycles. The van der Waals surface area contributed by atoms with E-state index in [9.17, 15) is 9.18 Å². The van der Waals surface area contributed by atoms with Crippen LogP contribution in [0, 0.1) is 11.2 Å². The SMILES string of the molecule is CCN(C(=O)c1cc(F)ccc1Oc1cncnc1N1CC2(CC(Oc3ccnc4c3C(CCCN(C)C)NCC4)C2)C1)C(C)C. The predicted molar refractivity (Wildman–Crippen MR) is 175 cm³/mol. The van der Waals surface area contributed by atoms with Crippen LogP contribution in [0.1, 0.15) is 74.1 Å². The monoisotopic (exact) mass is 631 g/mol. The average Bonchev–Trinajstić information content (AvgIpc) is 2.99. The molecule has 1 atom stereocenters. The van der Waals surface area contributed by atoms with Crippen LogP contribution < -0.4 is 19.7 Å². The number of amides is 1. The Bertz CT molecular complexity index is 1540. The van der Waals surface area contributed by atoms with Crippen LogP contribution in [-0.4, -0.2) is 89.6 Å². The van der Waals surface area contributed by atoms with Crippen molar-refractivity contribution in [2.45, 2.75) is 71.1 Å². The number of rotatable bonds is 12. The van der Waals surface area contributed by atoms with Gasteiger partial charge in [0.25, 0.3) is 5.91 Å². The number of aromatic nitrogens is 3. The first-order valence-corrected chi connectivity index (χ1v) is 16.5. The van der Waals surface area contributed by atoms with Crippen LogP contribution in [0.25, 0.3) is 0 Å². The van der Waals surface area contributed by atoms with Gasteiger partial charge in [-0.1, -0.05) is 0 Å². The zero-order valence-electron chi connectivity index (χ0n) is 27.6. The zero-order chi connectivity index (χ0) is 32.4. The zero-order valence-corrected chi connectivity index (χ0v) is 27.6. The van der Waals surface area contributed by atoms with E-state index in [2.05, 4.69) is 39.2 Å². The Labute approximate surface area is 271 Å². The van der Waals surface area contributed by atoms with Crippen molar-refractivity contribution in [1.29, 1.82) is 0 Å². The summed E-state index contributed by atoms with van der Waals surface area (Å²) in [5.74, 6) is 1.59. The number of nitrogens with zero attached hydrogens (tertiary/aromatic N) is 6. The molecule has 1 N–H and O–H groups in total. The maximum absolute atomic E-state index is 14.3. The summed E-state index contributed by atoms with van der Waals surface area (Å²) >= 11 is 0. The van der Waals surface area contributed by atoms with E-state index in [1.54, 1.807) is 11.1 Å². The lowest BCUT2D eigenvalue weighted by Crippen LogP contribution is -2.65. The van der Waals surface area contributed by atoms with Gasteiger partial charge in [-0.15, -0.1) is 0 Å². The van der Waals surface area contributed by atoms with Crippen molar-refractivity contribution in [3.8, 4) is 17.2 Å². The van der Waals surface area contributed by atoms with Gasteiger partial charge in [-0.05, 0) is 91.4 Å². The number of nitrogens with one attached hydrogen (secondary N) is 1. The minimum Gasteiger partial charge on any atom is -0.490 e. The van der Waals surface area contributed by atoms with E-state index >= 15 is 0 Å². The van der Waals surface area contributed by atoms with E-state index < -0.39 is 5.82 Å². The number of pyridine rings is 1. The number of hydrogen-bond acceptors (Lipinski definition) is 9. The molecule has 1 amide bonds. The van der Waals surface area contributed by atoms with Gasteiger partial charge in [0.05, 0.1) is 17.5 Å². The number of anilines is 1. The van der Waals surface area contributed by atoms with Crippen molar-refractivity contribution in [2.75, 3.05) is 51.7 Å². The van der Waals surface area contributed by atoms with Crippen molar-refractivity contribution in [3.05, 3.63) is 65.6 Å². The number of fused-ring (bicyclic) bond motifs is 1. The highest BCUT2D eigenvalue weighted by molar-refractivity contribution is 5.97. The molecule has 2 fully saturated rings. The van der Waals surface area contributed by atoms with Crippen molar-refractivity contribution < 1.29 is 18.7 Å². The third-order valence-electron chi connectivity index (χ3n) is 9.47. The first kappa shape index (κ1) is 32.1. The molecule has 2 aromatic heterocycles. The molecule has 0 bridgehead atoms. The van der Waals surface area contributed by atoms with Gasteiger partial charge < -0.3 is 29.5 Å². The molecular formula is C35H46FN7O3. The number of carbonyl (C=O) groups is 1. The second-order valence-corrected chi connectivity index (χ2v) is 13.5. The summed E-state index contributed by atoms with van der Waals surface area (Å²) in [7, 11) is 4.23. The lowest BCUT2D eigenvalue weighted by molar-refractivity contribution is -0.0352. The maximum Gasteiger partial charge on any atom is 0.257 e. The second kappa shape index (κ2) is 13.5. The normalized spacial score (nSPS) is 18.7. The summed E-state index contributed by atoms with van der Waals surface area (Å²) in [6, 6.07) is 6.30. The molecule has 3 aromatic rings. The molecule has 46 heavy (non-hydrogen) atoms. The molecule has 11 heteroatoms. The molecule has 1 aliphatic carbocycles. The smallest absolute Gasteiger partial charge is 0.257 e. The van der Waals surface area contributed by atoms with Gasteiger partial charge in [0, 0.05) is 61.9 Å². The summed E-state index contributed by atoms with van der Waals surface area (Å²) in [6.07, 6.45) is 10.2. The minimum atomic E-state index is -0.491. The molecule has 6 rings (SSSR count). The Morgan fingerprint density at radius 2 is 1.96 bits per heavy atom. The second-order valence-electron chi connectivity index (χ2n) is 13.5. The Kier molecular flexibility index (Phi) is 9.42. The molecule has 4 heterocycles. The van der Waals surface area contributed by atoms with Crippen molar-refractivity contribution in [3.63, 3.8) is 0 Å². The number of halogens is 1. The molecule has 1 saturated carbocycles. The van der Waals surface area contributed by atoms with E-state index in [1.165, 1.54) is 30.1 Å². The third-order valence-corrected chi connectivity index (χ3v) is 9.47. The molecule has 1 spiro atoms. The Balaban J connectivity index is 1.10. The molecule has 0 radical (unpaired) electrons. The lowest BCUT2D eigenvalue weighted by atomic mass is 9.61. The van der Waals surface area contributed by atoms with Gasteiger partial charge >= 0.3 is 0 Å². The molecule has 1 saturated heterocycles. The average molecular weight is 632 g/mol. The highest BCUT2D eigenvalue weighted by Crippen LogP contribution is 2.52. The molecule has 1 aromatic carbocycles. The van der Waals surface area contributed by atoms with E-state index in [4.69, 9.17) is 14.5 Å². The highest BCUT2D eigenvalue weighted by atomic mass is 19.1. The highest BCUT2D eigenvalue weighted by Gasteiger charge is 2.54. The van der Waals surface area contributed by atoms with Crippen LogP contribution in [0.15, 0.2) is 43.0 Å². The van der Waals surface area contributed by atoms with Crippen LogP contribution in [0.5, 0.6) is 17.2 Å². The maximum atomic E-state index is 14.3. The summed E-state index contributed by atoms with van der Waals surface area (Å²) < 4.78 is 27.2. The van der Waals surface area contributed by atoms with E-state index in [0.717, 1.165) is 69.7 Å². The van der Waals surface area contributed by atoms with Crippen LogP contribution in [-0.2, 0) is 6.42 Å². The van der Waals surface area contributed by atoms with Gasteiger partial charge in [0.1, 0.15) is 29.7 Å². The predicted octanol–water partition coefficient (Wildman–Crippen LogP) is 5.25. The third kappa shape index (κ3) is 6.66. The lowest BCUT2D eigenvalue weighted by Gasteiger charge is -2.59. The number of benzene rings is 1. The van der Waals surface area contributed by atoms with Crippen LogP contribution in [0.4, 0.5) is 10.2 Å². The van der Waals surface area contributed by atoms with Gasteiger partial charge in [0.2, 0.25) is 0 Å². The van der Waals surface area contributed by atoms with E-state index in [1.807, 2.05) is 33.0 Å². The fourth-order valence-corrected chi connectivity index (χ4v) is 7.23. The number of carbonyl (C=O) groups excluding carboxylic acids is 1. The number of ether oxygens (including phenoxy) is 2. The first-order chi connectivity index (χ1) is 22.2. The van der Waals surface area contributed by atoms with Crippen molar-refractivity contribution in [1.82, 2.24) is 30.1 Å². The molecule has 3 aliphatic rings. The molecule has 246 valence electrons. The summed E-state index contributed by atoms with van der Waals surface area (Å²) in [5.41, 5.74) is 2.74. The van der Waals surface area contributed by atoms with Crippen molar-refractivity contribution in [2.24, 2.45) is 5.41 Å². The van der Waals surface area contributed by atoms with E-state index in [-0.39, 0.29) is 40.8 Å². The fraction of sp³-hybridized carbons (Fsp3) is 0.543. The van der Waals surface area contributed by atoms with E-state index in [0.29, 0.717) is 18.1 Å². The number of hydrogen-bond donors (Lipinski definition) is 1. The molecule has 1 unspecified atom stereocenters. The largest absolute Gasteiger partial charge is 0.490 e. The fourth-order valence-electron chi connectivity index (χ4n) is 7.23.